The van der Waals surface area contributed by atoms with E-state index in [1.807, 2.05) is 24.4 Å². The Kier molecular flexibility index (Phi) is 7.16. The van der Waals surface area contributed by atoms with Crippen LogP contribution < -0.4 is 5.73 Å². The third-order valence-electron chi connectivity index (χ3n) is 5.00. The number of nitrogens with zero attached hydrogens (tertiary/aromatic N) is 2. The molecule has 132 valence electrons. The van der Waals surface area contributed by atoms with Gasteiger partial charge in [-0.3, -0.25) is 4.99 Å². The maximum Gasteiger partial charge on any atom is 0.0991 e. The third-order valence-corrected chi connectivity index (χ3v) is 5.00. The molecule has 0 radical (unpaired) electrons. The molecular formula is C22H29N3. The summed E-state index contributed by atoms with van der Waals surface area (Å²) < 4.78 is 0. The van der Waals surface area contributed by atoms with Crippen LogP contribution in [0.2, 0.25) is 0 Å². The van der Waals surface area contributed by atoms with Crippen LogP contribution >= 0.6 is 0 Å². The lowest BCUT2D eigenvalue weighted by Gasteiger charge is -2.28. The molecule has 1 aliphatic carbocycles. The molecule has 0 spiro atoms. The first-order valence-corrected chi connectivity index (χ1v) is 9.27. The molecule has 0 aliphatic heterocycles. The second-order valence-electron chi connectivity index (χ2n) is 6.91. The molecule has 1 fully saturated rings. The first-order chi connectivity index (χ1) is 12.1. The van der Waals surface area contributed by atoms with Gasteiger partial charge in [0.05, 0.1) is 17.3 Å². The monoisotopic (exact) mass is 335 g/mol. The number of rotatable bonds is 8. The van der Waals surface area contributed by atoms with E-state index >= 15 is 0 Å². The molecule has 1 aromatic carbocycles. The molecule has 0 bridgehead atoms. The first-order valence-electron chi connectivity index (χ1n) is 9.27. The molecule has 3 nitrogen and oxygen atoms in total. The van der Waals surface area contributed by atoms with Crippen molar-refractivity contribution in [2.24, 2.45) is 16.6 Å². The average Bonchev–Trinajstić information content (AvgIpc) is 2.57. The van der Waals surface area contributed by atoms with E-state index in [1.165, 1.54) is 24.8 Å². The lowest BCUT2D eigenvalue weighted by molar-refractivity contribution is 0.419. The maximum absolute atomic E-state index is 9.19. The Balaban J connectivity index is 2.24. The van der Waals surface area contributed by atoms with Crippen molar-refractivity contribution in [2.75, 3.05) is 6.54 Å². The quantitative estimate of drug-likeness (QED) is 0.665. The van der Waals surface area contributed by atoms with E-state index in [4.69, 9.17) is 5.73 Å². The lowest BCUT2D eigenvalue weighted by atomic mass is 9.77. The Bertz CT molecular complexity index is 702. The Morgan fingerprint density at radius 3 is 2.80 bits per heavy atom. The van der Waals surface area contributed by atoms with Crippen molar-refractivity contribution in [2.45, 2.75) is 51.9 Å². The van der Waals surface area contributed by atoms with Gasteiger partial charge in [-0.05, 0) is 60.9 Å². The number of nitriles is 1. The van der Waals surface area contributed by atoms with Gasteiger partial charge in [0.2, 0.25) is 0 Å². The molecule has 0 saturated heterocycles. The summed E-state index contributed by atoms with van der Waals surface area (Å²) in [6.45, 7) is 9.17. The van der Waals surface area contributed by atoms with Gasteiger partial charge in [-0.25, -0.2) is 0 Å². The van der Waals surface area contributed by atoms with Gasteiger partial charge >= 0.3 is 0 Å². The summed E-state index contributed by atoms with van der Waals surface area (Å²) in [6.07, 6.45) is 9.71. The lowest BCUT2D eigenvalue weighted by Crippen LogP contribution is -2.11. The zero-order valence-corrected chi connectivity index (χ0v) is 15.5. The summed E-state index contributed by atoms with van der Waals surface area (Å²) in [5.41, 5.74) is 10.7. The highest BCUT2D eigenvalue weighted by molar-refractivity contribution is 5.85. The van der Waals surface area contributed by atoms with Crippen molar-refractivity contribution in [3.8, 4) is 6.07 Å². The van der Waals surface area contributed by atoms with Crippen LogP contribution in [0, 0.1) is 17.2 Å². The van der Waals surface area contributed by atoms with E-state index in [2.05, 4.69) is 37.6 Å². The van der Waals surface area contributed by atoms with Gasteiger partial charge in [0.1, 0.15) is 0 Å². The second-order valence-corrected chi connectivity index (χ2v) is 6.91. The van der Waals surface area contributed by atoms with Gasteiger partial charge in [-0.15, -0.1) is 0 Å². The summed E-state index contributed by atoms with van der Waals surface area (Å²) in [5.74, 6) is 1.05. The number of hydrogen-bond acceptors (Lipinski definition) is 3. The number of hydrogen-bond donors (Lipinski definition) is 1. The van der Waals surface area contributed by atoms with Crippen LogP contribution in [0.15, 0.2) is 41.4 Å². The Morgan fingerprint density at radius 1 is 1.48 bits per heavy atom. The fourth-order valence-electron chi connectivity index (χ4n) is 3.02. The Labute approximate surface area is 152 Å². The van der Waals surface area contributed by atoms with Gasteiger partial charge in [0, 0.05) is 11.8 Å². The molecule has 3 heteroatoms. The summed E-state index contributed by atoms with van der Waals surface area (Å²) in [6, 6.07) is 8.10. The number of allylic oxidation sites excluding steroid dienone is 1. The van der Waals surface area contributed by atoms with Crippen LogP contribution in [-0.4, -0.2) is 12.8 Å². The maximum atomic E-state index is 9.19. The van der Waals surface area contributed by atoms with Crippen molar-refractivity contribution in [3.05, 3.63) is 53.1 Å². The van der Waals surface area contributed by atoms with Crippen molar-refractivity contribution in [3.63, 3.8) is 0 Å². The van der Waals surface area contributed by atoms with Crippen LogP contribution in [0.5, 0.6) is 0 Å². The van der Waals surface area contributed by atoms with Crippen molar-refractivity contribution in [1.82, 2.24) is 0 Å². The Morgan fingerprint density at radius 2 is 2.24 bits per heavy atom. The predicted octanol–water partition coefficient (Wildman–Crippen LogP) is 5.19. The number of nitrogens with two attached hydrogens (primary N) is 1. The Hall–Kier alpha value is -2.18. The molecular weight excluding hydrogens is 306 g/mol. The second kappa shape index (κ2) is 9.34. The van der Waals surface area contributed by atoms with Gasteiger partial charge < -0.3 is 5.73 Å². The van der Waals surface area contributed by atoms with E-state index in [9.17, 15) is 5.26 Å². The number of benzene rings is 1. The van der Waals surface area contributed by atoms with Crippen LogP contribution in [0.4, 0.5) is 0 Å². The standard InChI is InChI=1S/C22H29N3/c1-4-16(2)12-19(10-11-23)15-25-17(3)21-9-8-18(14-24)13-22(21)20-6-5-7-20/h8-9,12-13,15-16,20H,3-7,10-11,23H2,1-2H3/b19-12-,25-15-. The fourth-order valence-corrected chi connectivity index (χ4v) is 3.02. The molecule has 1 aromatic rings. The highest BCUT2D eigenvalue weighted by Crippen LogP contribution is 2.40. The molecule has 1 saturated carbocycles. The molecule has 25 heavy (non-hydrogen) atoms. The van der Waals surface area contributed by atoms with Crippen LogP contribution in [-0.2, 0) is 0 Å². The third kappa shape index (κ3) is 5.14. The molecule has 2 N–H and O–H groups in total. The normalized spacial score (nSPS) is 16.5. The molecule has 1 unspecified atom stereocenters. The van der Waals surface area contributed by atoms with Crippen molar-refractivity contribution in [1.29, 1.82) is 5.26 Å². The summed E-state index contributed by atoms with van der Waals surface area (Å²) >= 11 is 0. The van der Waals surface area contributed by atoms with Gasteiger partial charge in [-0.1, -0.05) is 45.4 Å². The minimum atomic E-state index is 0.515. The largest absolute Gasteiger partial charge is 0.330 e. The summed E-state index contributed by atoms with van der Waals surface area (Å²) in [5, 5.41) is 9.19. The van der Waals surface area contributed by atoms with Gasteiger partial charge in [0.15, 0.2) is 0 Å². The van der Waals surface area contributed by atoms with Crippen LogP contribution in [0.1, 0.15) is 68.6 Å². The minimum absolute atomic E-state index is 0.515. The highest BCUT2D eigenvalue weighted by Gasteiger charge is 2.23. The molecule has 1 atom stereocenters. The topological polar surface area (TPSA) is 62.2 Å². The van der Waals surface area contributed by atoms with Crippen LogP contribution in [0.25, 0.3) is 5.70 Å². The molecule has 2 rings (SSSR count). The first kappa shape index (κ1) is 19.1. The van der Waals surface area contributed by atoms with Crippen molar-refractivity contribution < 1.29 is 0 Å². The average molecular weight is 335 g/mol. The van der Waals surface area contributed by atoms with E-state index in [-0.39, 0.29) is 0 Å². The predicted molar refractivity (Wildman–Crippen MR) is 106 cm³/mol. The van der Waals surface area contributed by atoms with Gasteiger partial charge in [0.25, 0.3) is 0 Å². The zero-order chi connectivity index (χ0) is 18.2. The van der Waals surface area contributed by atoms with E-state index in [0.717, 1.165) is 29.7 Å². The van der Waals surface area contributed by atoms with E-state index in [0.29, 0.717) is 23.9 Å². The smallest absolute Gasteiger partial charge is 0.0991 e. The molecule has 0 heterocycles. The van der Waals surface area contributed by atoms with Crippen LogP contribution in [0.3, 0.4) is 0 Å². The minimum Gasteiger partial charge on any atom is -0.330 e. The van der Waals surface area contributed by atoms with Crippen molar-refractivity contribution >= 4 is 11.9 Å². The number of aliphatic imine (C=N–C) groups is 1. The SMILES string of the molecule is C=C(/N=C\C(=C/C(C)CC)CCN)c1ccc(C#N)cc1C1CCC1. The molecule has 0 amide bonds. The highest BCUT2D eigenvalue weighted by atomic mass is 14.7. The molecule has 0 aromatic heterocycles. The summed E-state index contributed by atoms with van der Waals surface area (Å²) in [7, 11) is 0. The zero-order valence-electron chi connectivity index (χ0n) is 15.5. The fraction of sp³-hybridized carbons (Fsp3) is 0.455. The summed E-state index contributed by atoms with van der Waals surface area (Å²) in [4.78, 5) is 4.63. The molecule has 1 aliphatic rings. The van der Waals surface area contributed by atoms with E-state index in [1.54, 1.807) is 0 Å². The van der Waals surface area contributed by atoms with Gasteiger partial charge in [-0.2, -0.15) is 5.26 Å². The van der Waals surface area contributed by atoms with E-state index < -0.39 is 0 Å².